The third kappa shape index (κ3) is 4.04. The molecule has 0 saturated carbocycles. The Morgan fingerprint density at radius 3 is 2.32 bits per heavy atom. The van der Waals surface area contributed by atoms with Gasteiger partial charge in [0.25, 0.3) is 11.8 Å². The molecule has 2 amide bonds. The van der Waals surface area contributed by atoms with Crippen molar-refractivity contribution in [2.45, 2.75) is 19.3 Å². The maximum absolute atomic E-state index is 12.6. The van der Waals surface area contributed by atoms with E-state index in [1.165, 1.54) is 0 Å². The first-order chi connectivity index (χ1) is 12.2. The molecule has 1 fully saturated rings. The molecule has 5 heteroatoms. The number of nitrogens with one attached hydrogen (secondary N) is 1. The highest BCUT2D eigenvalue weighted by Gasteiger charge is 2.19. The van der Waals surface area contributed by atoms with Gasteiger partial charge in [-0.3, -0.25) is 9.59 Å². The van der Waals surface area contributed by atoms with Crippen LogP contribution in [-0.2, 0) is 0 Å². The first-order valence-corrected chi connectivity index (χ1v) is 8.38. The van der Waals surface area contributed by atoms with E-state index in [0.717, 1.165) is 32.4 Å². The van der Waals surface area contributed by atoms with Crippen molar-refractivity contribution >= 4 is 17.5 Å². The molecule has 5 nitrogen and oxygen atoms in total. The Hall–Kier alpha value is -3.13. The number of likely N-dealkylation sites (tertiary alicyclic amines) is 1. The molecule has 0 aliphatic carbocycles. The number of carbonyl (C=O) groups excluding carboxylic acids is 2. The van der Waals surface area contributed by atoms with Gasteiger partial charge < -0.3 is 10.2 Å². The second-order valence-corrected chi connectivity index (χ2v) is 6.08. The van der Waals surface area contributed by atoms with Crippen molar-refractivity contribution in [3.8, 4) is 6.07 Å². The zero-order valence-corrected chi connectivity index (χ0v) is 13.9. The number of nitriles is 1. The summed E-state index contributed by atoms with van der Waals surface area (Å²) >= 11 is 0. The van der Waals surface area contributed by atoms with Gasteiger partial charge in [0.05, 0.1) is 11.6 Å². The molecule has 0 atom stereocenters. The van der Waals surface area contributed by atoms with Crippen molar-refractivity contribution in [2.24, 2.45) is 0 Å². The summed E-state index contributed by atoms with van der Waals surface area (Å²) in [5.74, 6) is -0.300. The van der Waals surface area contributed by atoms with Crippen LogP contribution in [0.5, 0.6) is 0 Å². The average molecular weight is 333 g/mol. The van der Waals surface area contributed by atoms with Gasteiger partial charge in [0, 0.05) is 29.9 Å². The first-order valence-electron chi connectivity index (χ1n) is 8.38. The Labute approximate surface area is 146 Å². The molecule has 1 aliphatic rings. The zero-order chi connectivity index (χ0) is 17.6. The Morgan fingerprint density at radius 1 is 0.960 bits per heavy atom. The third-order valence-electron chi connectivity index (χ3n) is 4.29. The van der Waals surface area contributed by atoms with E-state index in [1.54, 1.807) is 48.5 Å². The summed E-state index contributed by atoms with van der Waals surface area (Å²) in [6.07, 6.45) is 3.23. The van der Waals surface area contributed by atoms with Gasteiger partial charge >= 0.3 is 0 Å². The lowest BCUT2D eigenvalue weighted by Crippen LogP contribution is -2.35. The van der Waals surface area contributed by atoms with Crippen molar-refractivity contribution in [1.29, 1.82) is 5.26 Å². The molecule has 0 unspecified atom stereocenters. The average Bonchev–Trinajstić information content (AvgIpc) is 2.68. The quantitative estimate of drug-likeness (QED) is 0.935. The molecular formula is C20H19N3O2. The van der Waals surface area contributed by atoms with Crippen molar-refractivity contribution < 1.29 is 9.59 Å². The van der Waals surface area contributed by atoms with Crippen LogP contribution >= 0.6 is 0 Å². The molecular weight excluding hydrogens is 314 g/mol. The topological polar surface area (TPSA) is 73.2 Å². The molecule has 0 radical (unpaired) electrons. The van der Waals surface area contributed by atoms with E-state index in [4.69, 9.17) is 5.26 Å². The third-order valence-corrected chi connectivity index (χ3v) is 4.29. The standard InChI is InChI=1S/C20H19N3O2/c21-14-15-7-9-18(10-8-15)22-19(24)16-5-4-6-17(13-16)20(25)23-11-2-1-3-12-23/h4-10,13H,1-3,11-12H2,(H,22,24). The molecule has 126 valence electrons. The normalized spacial score (nSPS) is 13.8. The minimum absolute atomic E-state index is 0.0206. The lowest BCUT2D eigenvalue weighted by atomic mass is 10.1. The maximum atomic E-state index is 12.6. The second kappa shape index (κ2) is 7.63. The van der Waals surface area contributed by atoms with E-state index in [-0.39, 0.29) is 11.8 Å². The number of nitrogens with zero attached hydrogens (tertiary/aromatic N) is 2. The van der Waals surface area contributed by atoms with E-state index in [0.29, 0.717) is 22.4 Å². The summed E-state index contributed by atoms with van der Waals surface area (Å²) in [5.41, 5.74) is 2.12. The summed E-state index contributed by atoms with van der Waals surface area (Å²) in [6, 6.07) is 15.5. The molecule has 1 heterocycles. The van der Waals surface area contributed by atoms with Crippen LogP contribution < -0.4 is 5.32 Å². The molecule has 1 saturated heterocycles. The Morgan fingerprint density at radius 2 is 1.64 bits per heavy atom. The fourth-order valence-electron chi connectivity index (χ4n) is 2.90. The Kier molecular flexibility index (Phi) is 5.10. The van der Waals surface area contributed by atoms with Crippen LogP contribution in [0.25, 0.3) is 0 Å². The van der Waals surface area contributed by atoms with Gasteiger partial charge in [-0.1, -0.05) is 6.07 Å². The summed E-state index contributed by atoms with van der Waals surface area (Å²) in [7, 11) is 0. The molecule has 1 aliphatic heterocycles. The predicted octanol–water partition coefficient (Wildman–Crippen LogP) is 3.44. The van der Waals surface area contributed by atoms with Crippen molar-refractivity contribution in [3.63, 3.8) is 0 Å². The van der Waals surface area contributed by atoms with Gasteiger partial charge in [-0.15, -0.1) is 0 Å². The van der Waals surface area contributed by atoms with E-state index in [1.807, 2.05) is 11.0 Å². The molecule has 2 aromatic carbocycles. The summed E-state index contributed by atoms with van der Waals surface area (Å²) in [5, 5.41) is 11.6. The summed E-state index contributed by atoms with van der Waals surface area (Å²) in [4.78, 5) is 26.8. The van der Waals surface area contributed by atoms with Gasteiger partial charge in [0.15, 0.2) is 0 Å². The number of benzene rings is 2. The van der Waals surface area contributed by atoms with Crippen LogP contribution in [0.4, 0.5) is 5.69 Å². The molecule has 0 aromatic heterocycles. The highest BCUT2D eigenvalue weighted by atomic mass is 16.2. The second-order valence-electron chi connectivity index (χ2n) is 6.08. The minimum atomic E-state index is -0.280. The van der Waals surface area contributed by atoms with Crippen LogP contribution in [0.2, 0.25) is 0 Å². The first kappa shape index (κ1) is 16.7. The Balaban J connectivity index is 1.72. The van der Waals surface area contributed by atoms with Crippen molar-refractivity contribution in [3.05, 3.63) is 65.2 Å². The lowest BCUT2D eigenvalue weighted by molar-refractivity contribution is 0.0724. The fourth-order valence-corrected chi connectivity index (χ4v) is 2.90. The van der Waals surface area contributed by atoms with Gasteiger partial charge in [-0.05, 0) is 61.7 Å². The number of carbonyl (C=O) groups is 2. The van der Waals surface area contributed by atoms with E-state index >= 15 is 0 Å². The smallest absolute Gasteiger partial charge is 0.255 e. The van der Waals surface area contributed by atoms with Crippen LogP contribution in [0.1, 0.15) is 45.5 Å². The number of piperidine rings is 1. The van der Waals surface area contributed by atoms with E-state index < -0.39 is 0 Å². The number of hydrogen-bond donors (Lipinski definition) is 1. The van der Waals surface area contributed by atoms with Crippen molar-refractivity contribution in [1.82, 2.24) is 4.90 Å². The molecule has 3 rings (SSSR count). The van der Waals surface area contributed by atoms with Gasteiger partial charge in [-0.25, -0.2) is 0 Å². The predicted molar refractivity (Wildman–Crippen MR) is 95.3 cm³/mol. The number of amides is 2. The highest BCUT2D eigenvalue weighted by Crippen LogP contribution is 2.16. The SMILES string of the molecule is N#Cc1ccc(NC(=O)c2cccc(C(=O)N3CCCCC3)c2)cc1. The lowest BCUT2D eigenvalue weighted by Gasteiger charge is -2.26. The largest absolute Gasteiger partial charge is 0.339 e. The number of rotatable bonds is 3. The van der Waals surface area contributed by atoms with Crippen LogP contribution in [0, 0.1) is 11.3 Å². The van der Waals surface area contributed by atoms with E-state index in [2.05, 4.69) is 5.32 Å². The van der Waals surface area contributed by atoms with Crippen LogP contribution in [-0.4, -0.2) is 29.8 Å². The summed E-state index contributed by atoms with van der Waals surface area (Å²) in [6.45, 7) is 1.56. The van der Waals surface area contributed by atoms with E-state index in [9.17, 15) is 9.59 Å². The Bertz CT molecular complexity index is 816. The number of hydrogen-bond acceptors (Lipinski definition) is 3. The molecule has 25 heavy (non-hydrogen) atoms. The molecule has 0 bridgehead atoms. The maximum Gasteiger partial charge on any atom is 0.255 e. The number of anilines is 1. The highest BCUT2D eigenvalue weighted by molar-refractivity contribution is 6.06. The van der Waals surface area contributed by atoms with Crippen molar-refractivity contribution in [2.75, 3.05) is 18.4 Å². The molecule has 2 aromatic rings. The fraction of sp³-hybridized carbons (Fsp3) is 0.250. The summed E-state index contributed by atoms with van der Waals surface area (Å²) < 4.78 is 0. The van der Waals surface area contributed by atoms with Gasteiger partial charge in [0.2, 0.25) is 0 Å². The zero-order valence-electron chi connectivity index (χ0n) is 13.9. The van der Waals surface area contributed by atoms with Crippen LogP contribution in [0.15, 0.2) is 48.5 Å². The molecule has 1 N–H and O–H groups in total. The monoisotopic (exact) mass is 333 g/mol. The molecule has 0 spiro atoms. The van der Waals surface area contributed by atoms with Gasteiger partial charge in [0.1, 0.15) is 0 Å². The van der Waals surface area contributed by atoms with Crippen LogP contribution in [0.3, 0.4) is 0 Å². The van der Waals surface area contributed by atoms with Gasteiger partial charge in [-0.2, -0.15) is 5.26 Å². The minimum Gasteiger partial charge on any atom is -0.339 e.